The van der Waals surface area contributed by atoms with E-state index < -0.39 is 0 Å². The molecule has 0 aliphatic heterocycles. The third kappa shape index (κ3) is 2.51. The van der Waals surface area contributed by atoms with Crippen molar-refractivity contribution < 1.29 is 0 Å². The highest BCUT2D eigenvalue weighted by atomic mass is 14.9. The first kappa shape index (κ1) is 10.9. The summed E-state index contributed by atoms with van der Waals surface area (Å²) in [6.07, 6.45) is 4.30. The summed E-state index contributed by atoms with van der Waals surface area (Å²) in [5, 5.41) is 4.66. The normalized spacial score (nSPS) is 12.6. The third-order valence-corrected chi connectivity index (χ3v) is 2.73. The molecule has 0 radical (unpaired) electrons. The number of rotatable bonds is 4. The fourth-order valence-corrected chi connectivity index (χ4v) is 1.94. The first-order valence-corrected chi connectivity index (χ1v) is 5.91. The van der Waals surface area contributed by atoms with E-state index in [2.05, 4.69) is 36.3 Å². The van der Waals surface area contributed by atoms with E-state index in [1.54, 1.807) is 0 Å². The van der Waals surface area contributed by atoms with Gasteiger partial charge in [0.1, 0.15) is 0 Å². The first-order chi connectivity index (χ1) is 7.79. The molecule has 0 bridgehead atoms. The zero-order chi connectivity index (χ0) is 11.4. The van der Waals surface area contributed by atoms with Crippen molar-refractivity contribution in [1.29, 1.82) is 0 Å². The van der Waals surface area contributed by atoms with Crippen LogP contribution in [0.2, 0.25) is 0 Å². The van der Waals surface area contributed by atoms with Crippen LogP contribution in [0, 0.1) is 0 Å². The molecule has 16 heavy (non-hydrogen) atoms. The van der Waals surface area contributed by atoms with E-state index in [1.807, 2.05) is 24.4 Å². The molecule has 2 nitrogen and oxygen atoms in total. The zero-order valence-corrected chi connectivity index (χ0v) is 9.90. The van der Waals surface area contributed by atoms with Crippen molar-refractivity contribution in [3.63, 3.8) is 0 Å². The molecular weight excluding hydrogens is 196 g/mol. The Morgan fingerprint density at radius 3 is 2.94 bits per heavy atom. The minimum atomic E-state index is 0.507. The van der Waals surface area contributed by atoms with E-state index in [0.29, 0.717) is 6.04 Å². The van der Waals surface area contributed by atoms with Crippen LogP contribution in [-0.2, 0) is 0 Å². The Balaban J connectivity index is 2.19. The fraction of sp³-hybridized carbons (Fsp3) is 0.357. The molecule has 0 aliphatic rings. The molecule has 1 aromatic heterocycles. The maximum absolute atomic E-state index is 4.43. The van der Waals surface area contributed by atoms with Crippen LogP contribution in [0.1, 0.15) is 26.7 Å². The maximum Gasteiger partial charge on any atom is 0.0703 e. The molecule has 84 valence electrons. The van der Waals surface area contributed by atoms with Gasteiger partial charge in [0.15, 0.2) is 0 Å². The summed E-state index contributed by atoms with van der Waals surface area (Å²) in [7, 11) is 0. The Morgan fingerprint density at radius 2 is 2.12 bits per heavy atom. The average Bonchev–Trinajstić information content (AvgIpc) is 2.29. The molecule has 0 fully saturated rings. The van der Waals surface area contributed by atoms with Gasteiger partial charge in [0.2, 0.25) is 0 Å². The molecule has 1 atom stereocenters. The summed E-state index contributed by atoms with van der Waals surface area (Å²) in [6.45, 7) is 4.41. The van der Waals surface area contributed by atoms with Gasteiger partial charge in [-0.3, -0.25) is 4.98 Å². The number of benzene rings is 1. The third-order valence-electron chi connectivity index (χ3n) is 2.73. The van der Waals surface area contributed by atoms with Gasteiger partial charge < -0.3 is 5.32 Å². The van der Waals surface area contributed by atoms with Crippen LogP contribution >= 0.6 is 0 Å². The summed E-state index contributed by atoms with van der Waals surface area (Å²) in [6, 6.07) is 10.9. The second-order valence-corrected chi connectivity index (χ2v) is 4.25. The van der Waals surface area contributed by atoms with Crippen LogP contribution in [-0.4, -0.2) is 11.0 Å². The topological polar surface area (TPSA) is 24.9 Å². The molecule has 0 spiro atoms. The van der Waals surface area contributed by atoms with Crippen LogP contribution in [0.25, 0.3) is 10.9 Å². The summed E-state index contributed by atoms with van der Waals surface area (Å²) < 4.78 is 0. The quantitative estimate of drug-likeness (QED) is 0.836. The first-order valence-electron chi connectivity index (χ1n) is 5.91. The summed E-state index contributed by atoms with van der Waals surface area (Å²) in [5.41, 5.74) is 2.16. The summed E-state index contributed by atoms with van der Waals surface area (Å²) in [5.74, 6) is 0. The predicted molar refractivity (Wildman–Crippen MR) is 69.7 cm³/mol. The highest BCUT2D eigenvalue weighted by molar-refractivity contribution is 5.81. The van der Waals surface area contributed by atoms with Crippen molar-refractivity contribution in [2.75, 3.05) is 5.32 Å². The van der Waals surface area contributed by atoms with Crippen molar-refractivity contribution in [2.45, 2.75) is 32.7 Å². The molecular formula is C14H18N2. The lowest BCUT2D eigenvalue weighted by atomic mass is 10.1. The number of pyridine rings is 1. The van der Waals surface area contributed by atoms with E-state index in [0.717, 1.165) is 11.2 Å². The monoisotopic (exact) mass is 214 g/mol. The minimum Gasteiger partial charge on any atom is -0.381 e. The predicted octanol–water partition coefficient (Wildman–Crippen LogP) is 3.84. The Hall–Kier alpha value is -1.57. The lowest BCUT2D eigenvalue weighted by Crippen LogP contribution is -2.14. The number of fused-ring (bicyclic) bond motifs is 1. The number of hydrogen-bond donors (Lipinski definition) is 1. The number of anilines is 1. The Labute approximate surface area is 96.7 Å². The summed E-state index contributed by atoms with van der Waals surface area (Å²) >= 11 is 0. The molecule has 2 heteroatoms. The highest BCUT2D eigenvalue weighted by Crippen LogP contribution is 2.17. The van der Waals surface area contributed by atoms with Gasteiger partial charge in [0.05, 0.1) is 17.4 Å². The van der Waals surface area contributed by atoms with Gasteiger partial charge in [-0.05, 0) is 25.5 Å². The second kappa shape index (κ2) is 4.97. The lowest BCUT2D eigenvalue weighted by molar-refractivity contribution is 0.690. The van der Waals surface area contributed by atoms with Gasteiger partial charge in [-0.2, -0.15) is 0 Å². The van der Waals surface area contributed by atoms with E-state index in [1.165, 1.54) is 18.2 Å². The van der Waals surface area contributed by atoms with Gasteiger partial charge in [0, 0.05) is 11.4 Å². The van der Waals surface area contributed by atoms with Crippen molar-refractivity contribution in [2.24, 2.45) is 0 Å². The molecule has 2 rings (SSSR count). The Bertz CT molecular complexity index is 465. The van der Waals surface area contributed by atoms with Gasteiger partial charge in [-0.15, -0.1) is 0 Å². The molecule has 0 saturated carbocycles. The molecule has 1 N–H and O–H groups in total. The summed E-state index contributed by atoms with van der Waals surface area (Å²) in [4.78, 5) is 4.43. The molecule has 2 aromatic rings. The molecule has 0 aliphatic carbocycles. The lowest BCUT2D eigenvalue weighted by Gasteiger charge is -2.14. The van der Waals surface area contributed by atoms with Crippen LogP contribution in [0.5, 0.6) is 0 Å². The van der Waals surface area contributed by atoms with Gasteiger partial charge in [-0.1, -0.05) is 31.5 Å². The van der Waals surface area contributed by atoms with Gasteiger partial charge in [-0.25, -0.2) is 0 Å². The van der Waals surface area contributed by atoms with Crippen molar-refractivity contribution in [1.82, 2.24) is 4.98 Å². The number of hydrogen-bond acceptors (Lipinski definition) is 2. The Morgan fingerprint density at radius 1 is 1.31 bits per heavy atom. The standard InChI is InChI=1S/C14H18N2/c1-3-6-11(2)16-13-9-12-7-4-5-8-14(12)15-10-13/h4-5,7-11,16H,3,6H2,1-2H3. The molecule has 1 unspecified atom stereocenters. The van der Waals surface area contributed by atoms with Crippen molar-refractivity contribution >= 4 is 16.6 Å². The number of nitrogens with zero attached hydrogens (tertiary/aromatic N) is 1. The molecule has 0 saturated heterocycles. The second-order valence-electron chi connectivity index (χ2n) is 4.25. The highest BCUT2D eigenvalue weighted by Gasteiger charge is 2.01. The molecule has 1 heterocycles. The number of nitrogens with one attached hydrogen (secondary N) is 1. The Kier molecular flexibility index (Phi) is 3.40. The molecule has 0 amide bonds. The number of aromatic nitrogens is 1. The van der Waals surface area contributed by atoms with Gasteiger partial charge >= 0.3 is 0 Å². The van der Waals surface area contributed by atoms with E-state index in [-0.39, 0.29) is 0 Å². The van der Waals surface area contributed by atoms with E-state index in [9.17, 15) is 0 Å². The average molecular weight is 214 g/mol. The molecule has 1 aromatic carbocycles. The van der Waals surface area contributed by atoms with Crippen LogP contribution in [0.3, 0.4) is 0 Å². The van der Waals surface area contributed by atoms with Crippen LogP contribution < -0.4 is 5.32 Å². The smallest absolute Gasteiger partial charge is 0.0703 e. The van der Waals surface area contributed by atoms with Crippen molar-refractivity contribution in [3.05, 3.63) is 36.5 Å². The van der Waals surface area contributed by atoms with Gasteiger partial charge in [0.25, 0.3) is 0 Å². The van der Waals surface area contributed by atoms with E-state index >= 15 is 0 Å². The zero-order valence-electron chi connectivity index (χ0n) is 9.90. The minimum absolute atomic E-state index is 0.507. The fourth-order valence-electron chi connectivity index (χ4n) is 1.94. The van der Waals surface area contributed by atoms with E-state index in [4.69, 9.17) is 0 Å². The maximum atomic E-state index is 4.43. The largest absolute Gasteiger partial charge is 0.381 e. The number of para-hydroxylation sites is 1. The SMILES string of the molecule is CCCC(C)Nc1cnc2ccccc2c1. The van der Waals surface area contributed by atoms with Crippen molar-refractivity contribution in [3.8, 4) is 0 Å². The van der Waals surface area contributed by atoms with Crippen LogP contribution in [0.15, 0.2) is 36.5 Å². The van der Waals surface area contributed by atoms with Crippen LogP contribution in [0.4, 0.5) is 5.69 Å².